The molecule has 1 saturated carbocycles. The van der Waals surface area contributed by atoms with Crippen LogP contribution in [0, 0.1) is 23.4 Å². The van der Waals surface area contributed by atoms with E-state index in [0.29, 0.717) is 49.0 Å². The standard InChI is InChI=1S/C22H24F3N7O3/c23-11-5-13(24)18(14(25)6-11)30-22-29-15-7-27-21(28-16-8-35-9-17(16)33)31-20(15)32(22)12-3-1-10(2-4-12)19(26)34/h5-7,10,12,16-17,33H,1-4,8-9H2,(H2,26,34)(H,29,30)(H,27,28,31)/t10-,12+,16-,17-/m0/s1. The van der Waals surface area contributed by atoms with Gasteiger partial charge in [0.05, 0.1) is 31.6 Å². The molecule has 2 aliphatic rings. The summed E-state index contributed by atoms with van der Waals surface area (Å²) in [6.07, 6.45) is 2.94. The fraction of sp³-hybridized carbons (Fsp3) is 0.455. The van der Waals surface area contributed by atoms with Crippen LogP contribution >= 0.6 is 0 Å². The van der Waals surface area contributed by atoms with Crippen molar-refractivity contribution in [3.63, 3.8) is 0 Å². The van der Waals surface area contributed by atoms with Crippen molar-refractivity contribution >= 4 is 34.7 Å². The Bertz CT molecular complexity index is 1240. The summed E-state index contributed by atoms with van der Waals surface area (Å²) in [5.74, 6) is -3.54. The lowest BCUT2D eigenvalue weighted by atomic mass is 9.85. The summed E-state index contributed by atoms with van der Waals surface area (Å²) < 4.78 is 49.1. The van der Waals surface area contributed by atoms with E-state index in [1.54, 1.807) is 4.57 Å². The third-order valence-corrected chi connectivity index (χ3v) is 6.51. The zero-order chi connectivity index (χ0) is 24.7. The number of hydrogen-bond acceptors (Lipinski definition) is 8. The van der Waals surface area contributed by atoms with E-state index in [-0.39, 0.29) is 43.0 Å². The van der Waals surface area contributed by atoms with Crippen molar-refractivity contribution in [3.05, 3.63) is 35.8 Å². The molecule has 5 N–H and O–H groups in total. The van der Waals surface area contributed by atoms with Crippen molar-refractivity contribution in [2.45, 2.75) is 43.9 Å². The third-order valence-electron chi connectivity index (χ3n) is 6.51. The summed E-state index contributed by atoms with van der Waals surface area (Å²) in [6, 6.07) is 0.559. The normalized spacial score (nSPS) is 24.6. The van der Waals surface area contributed by atoms with Gasteiger partial charge in [0.2, 0.25) is 17.8 Å². The number of halogens is 3. The number of anilines is 3. The lowest BCUT2D eigenvalue weighted by Crippen LogP contribution is -2.32. The number of nitrogens with zero attached hydrogens (tertiary/aromatic N) is 4. The summed E-state index contributed by atoms with van der Waals surface area (Å²) in [7, 11) is 0. The topological polar surface area (TPSA) is 140 Å². The Kier molecular flexibility index (Phi) is 6.19. The highest BCUT2D eigenvalue weighted by atomic mass is 19.1. The number of fused-ring (bicyclic) bond motifs is 1. The lowest BCUT2D eigenvalue weighted by Gasteiger charge is -2.29. The number of nitrogens with one attached hydrogen (secondary N) is 2. The number of primary amides is 1. The predicted octanol–water partition coefficient (Wildman–Crippen LogP) is 2.38. The summed E-state index contributed by atoms with van der Waals surface area (Å²) in [5, 5.41) is 15.7. The van der Waals surface area contributed by atoms with Crippen LogP contribution < -0.4 is 16.4 Å². The molecule has 0 unspecified atom stereocenters. The molecule has 35 heavy (non-hydrogen) atoms. The van der Waals surface area contributed by atoms with Crippen LogP contribution in [0.25, 0.3) is 11.2 Å². The van der Waals surface area contributed by atoms with Gasteiger partial charge in [0.1, 0.15) is 17.0 Å². The Morgan fingerprint density at radius 3 is 2.46 bits per heavy atom. The van der Waals surface area contributed by atoms with E-state index in [1.807, 2.05) is 0 Å². The first-order valence-corrected chi connectivity index (χ1v) is 11.3. The summed E-state index contributed by atoms with van der Waals surface area (Å²) in [5.41, 5.74) is 5.67. The van der Waals surface area contributed by atoms with Crippen LogP contribution in [0.15, 0.2) is 18.3 Å². The van der Waals surface area contributed by atoms with Crippen molar-refractivity contribution in [1.82, 2.24) is 19.5 Å². The second-order valence-corrected chi connectivity index (χ2v) is 8.84. The highest BCUT2D eigenvalue weighted by molar-refractivity contribution is 5.78. The van der Waals surface area contributed by atoms with Crippen molar-refractivity contribution < 1.29 is 27.8 Å². The van der Waals surface area contributed by atoms with Gasteiger partial charge in [-0.3, -0.25) is 9.36 Å². The second-order valence-electron chi connectivity index (χ2n) is 8.84. The Hall–Kier alpha value is -3.45. The highest BCUT2D eigenvalue weighted by Gasteiger charge is 2.31. The number of aromatic nitrogens is 4. The number of ether oxygens (including phenoxy) is 1. The van der Waals surface area contributed by atoms with Crippen LogP contribution in [0.3, 0.4) is 0 Å². The first-order valence-electron chi connectivity index (χ1n) is 11.3. The van der Waals surface area contributed by atoms with E-state index in [0.717, 1.165) is 0 Å². The van der Waals surface area contributed by atoms with Gasteiger partial charge < -0.3 is 26.2 Å². The quantitative estimate of drug-likeness (QED) is 0.412. The molecule has 0 radical (unpaired) electrons. The lowest BCUT2D eigenvalue weighted by molar-refractivity contribution is -0.122. The molecule has 0 spiro atoms. The number of imidazole rings is 1. The van der Waals surface area contributed by atoms with Crippen LogP contribution in [0.1, 0.15) is 31.7 Å². The van der Waals surface area contributed by atoms with Gasteiger partial charge in [-0.25, -0.2) is 23.1 Å². The van der Waals surface area contributed by atoms with Crippen LogP contribution in [-0.2, 0) is 9.53 Å². The molecule has 1 aliphatic carbocycles. The van der Waals surface area contributed by atoms with E-state index in [1.165, 1.54) is 6.20 Å². The van der Waals surface area contributed by atoms with E-state index in [2.05, 4.69) is 25.6 Å². The molecular weight excluding hydrogens is 467 g/mol. The number of amides is 1. The molecule has 5 rings (SSSR count). The number of hydrogen-bond donors (Lipinski definition) is 4. The average molecular weight is 491 g/mol. The minimum atomic E-state index is -1.11. The summed E-state index contributed by atoms with van der Waals surface area (Å²) >= 11 is 0. The largest absolute Gasteiger partial charge is 0.388 e. The predicted molar refractivity (Wildman–Crippen MR) is 119 cm³/mol. The number of carbonyl (C=O) groups excluding carboxylic acids is 1. The molecule has 10 nitrogen and oxygen atoms in total. The Morgan fingerprint density at radius 2 is 1.83 bits per heavy atom. The maximum Gasteiger partial charge on any atom is 0.225 e. The number of benzene rings is 1. The molecule has 1 saturated heterocycles. The third kappa shape index (κ3) is 4.60. The fourth-order valence-corrected chi connectivity index (χ4v) is 4.63. The highest BCUT2D eigenvalue weighted by Crippen LogP contribution is 2.37. The molecular formula is C22H24F3N7O3. The first-order chi connectivity index (χ1) is 16.8. The van der Waals surface area contributed by atoms with Gasteiger partial charge in [-0.1, -0.05) is 0 Å². The number of nitrogens with two attached hydrogens (primary N) is 1. The van der Waals surface area contributed by atoms with Crippen LogP contribution in [0.2, 0.25) is 0 Å². The van der Waals surface area contributed by atoms with Gasteiger partial charge in [0.25, 0.3) is 0 Å². The van der Waals surface area contributed by atoms with Crippen LogP contribution in [0.4, 0.5) is 30.8 Å². The Labute approximate surface area is 197 Å². The molecule has 13 heteroatoms. The van der Waals surface area contributed by atoms with Gasteiger partial charge in [-0.15, -0.1) is 0 Å². The average Bonchev–Trinajstić information content (AvgIpc) is 3.38. The minimum absolute atomic E-state index is 0.0996. The summed E-state index contributed by atoms with van der Waals surface area (Å²) in [4.78, 5) is 24.9. The smallest absolute Gasteiger partial charge is 0.225 e. The molecule has 2 fully saturated rings. The molecule has 3 aromatic rings. The number of rotatable bonds is 6. The molecule has 0 bridgehead atoms. The van der Waals surface area contributed by atoms with Crippen LogP contribution in [0.5, 0.6) is 0 Å². The molecule has 1 aromatic carbocycles. The number of aliphatic hydroxyl groups is 1. The SMILES string of the molecule is NC(=O)[C@H]1CC[C@@H](n2c(Nc3c(F)cc(F)cc3F)nc3cnc(N[C@H]4COC[C@@H]4O)nc32)CC1. The molecule has 2 atom stereocenters. The first kappa shape index (κ1) is 23.3. The molecule has 1 amide bonds. The van der Waals surface area contributed by atoms with Gasteiger partial charge in [0.15, 0.2) is 17.3 Å². The molecule has 3 heterocycles. The van der Waals surface area contributed by atoms with Crippen molar-refractivity contribution in [3.8, 4) is 0 Å². The summed E-state index contributed by atoms with van der Waals surface area (Å²) in [6.45, 7) is 0.485. The molecule has 186 valence electrons. The Balaban J connectivity index is 1.54. The zero-order valence-corrected chi connectivity index (χ0v) is 18.5. The van der Waals surface area contributed by atoms with Crippen molar-refractivity contribution in [2.24, 2.45) is 11.7 Å². The Morgan fingerprint density at radius 1 is 1.11 bits per heavy atom. The zero-order valence-electron chi connectivity index (χ0n) is 18.5. The van der Waals surface area contributed by atoms with Gasteiger partial charge >= 0.3 is 0 Å². The van der Waals surface area contributed by atoms with E-state index in [4.69, 9.17) is 10.5 Å². The van der Waals surface area contributed by atoms with Crippen molar-refractivity contribution in [2.75, 3.05) is 23.8 Å². The minimum Gasteiger partial charge on any atom is -0.388 e. The van der Waals surface area contributed by atoms with Crippen molar-refractivity contribution in [1.29, 1.82) is 0 Å². The van der Waals surface area contributed by atoms with E-state index >= 15 is 0 Å². The second kappa shape index (κ2) is 9.30. The monoisotopic (exact) mass is 491 g/mol. The van der Waals surface area contributed by atoms with Gasteiger partial charge in [-0.05, 0) is 25.7 Å². The molecule has 2 aromatic heterocycles. The maximum absolute atomic E-state index is 14.4. The van der Waals surface area contributed by atoms with Gasteiger partial charge in [0, 0.05) is 24.1 Å². The van der Waals surface area contributed by atoms with Gasteiger partial charge in [-0.2, -0.15) is 4.98 Å². The molecule has 1 aliphatic heterocycles. The fourth-order valence-electron chi connectivity index (χ4n) is 4.63. The van der Waals surface area contributed by atoms with Crippen LogP contribution in [-0.4, -0.2) is 55.9 Å². The number of aliphatic hydroxyl groups excluding tert-OH is 1. The maximum atomic E-state index is 14.4. The number of carbonyl (C=O) groups is 1. The van der Waals surface area contributed by atoms with E-state index in [9.17, 15) is 23.1 Å². The van der Waals surface area contributed by atoms with E-state index < -0.39 is 35.3 Å².